The van der Waals surface area contributed by atoms with Crippen LogP contribution in [0.4, 0.5) is 0 Å². The van der Waals surface area contributed by atoms with E-state index in [9.17, 15) is 33.6 Å². The van der Waals surface area contributed by atoms with E-state index in [2.05, 4.69) is 28.2 Å². The van der Waals surface area contributed by atoms with E-state index in [0.717, 1.165) is 12.3 Å². The molecule has 36 heavy (non-hydrogen) atoms. The topological polar surface area (TPSA) is 302 Å². The van der Waals surface area contributed by atoms with E-state index in [0.29, 0.717) is 4.57 Å². The fraction of sp³-hybridized carbons (Fsp3) is 0.556. The number of hydrogen-bond acceptors (Lipinski definition) is 12. The maximum absolute atomic E-state index is 12.5. The van der Waals surface area contributed by atoms with Crippen LogP contribution in [0.2, 0.25) is 0 Å². The van der Waals surface area contributed by atoms with Crippen LogP contribution in [-0.2, 0) is 31.6 Å². The largest absolute Gasteiger partial charge is 1.00 e. The molecule has 2 rings (SSSR count). The van der Waals surface area contributed by atoms with Gasteiger partial charge in [-0.05, 0) is 11.6 Å². The standard InChI is InChI=1S/C9H12N5O14P3S.4Na/c10-13-12-9(3-25-30(21,22)28-31(23,24)27-29(18,19)20)6(16)5(15)7(26-9)14-2-1-4(32)11-8(14)17;;;;/h1-2,5-7H,3H2,(H,21,22)(H,23,24)(H,11,17,32)(H2,18,19,20);;;;/q-2;4*+1/t5-,6+,7-,9-;;;;/m1..../s1. The minimum atomic E-state index is -5.88. The van der Waals surface area contributed by atoms with E-state index in [4.69, 9.17) is 37.2 Å². The van der Waals surface area contributed by atoms with Gasteiger partial charge in [0.25, 0.3) is 0 Å². The first-order valence-corrected chi connectivity index (χ1v) is 12.6. The maximum atomic E-state index is 12.5. The predicted octanol–water partition coefficient (Wildman–Crippen LogP) is -13.7. The molecule has 27 heteroatoms. The second kappa shape index (κ2) is 17.0. The summed E-state index contributed by atoms with van der Waals surface area (Å²) in [6.07, 6.45) is -5.82. The van der Waals surface area contributed by atoms with Crippen LogP contribution in [0.1, 0.15) is 6.23 Å². The van der Waals surface area contributed by atoms with Gasteiger partial charge in [-0.2, -0.15) is 8.62 Å². The molecule has 0 aromatic carbocycles. The van der Waals surface area contributed by atoms with Crippen molar-refractivity contribution in [3.05, 3.63) is 37.8 Å². The minimum absolute atomic E-state index is 0. The summed E-state index contributed by atoms with van der Waals surface area (Å²) < 4.78 is 50.7. The first-order valence-electron chi connectivity index (χ1n) is 7.66. The monoisotopic (exact) mass is 631 g/mol. The molecule has 0 saturated carbocycles. The number of nitrogens with zero attached hydrogens (tertiary/aromatic N) is 4. The van der Waals surface area contributed by atoms with Gasteiger partial charge in [0.1, 0.15) is 10.9 Å². The van der Waals surface area contributed by atoms with Crippen molar-refractivity contribution < 1.29 is 180 Å². The molecule has 1 aromatic heterocycles. The fourth-order valence-corrected chi connectivity index (χ4v) is 5.56. The Bertz CT molecular complexity index is 1190. The number of rotatable bonds is 9. The van der Waals surface area contributed by atoms with Crippen LogP contribution < -0.4 is 134 Å². The molecular formula is C9H12N5Na4O14P3S+2. The zero-order chi connectivity index (χ0) is 24.5. The van der Waals surface area contributed by atoms with Gasteiger partial charge in [0, 0.05) is 11.1 Å². The van der Waals surface area contributed by atoms with Crippen molar-refractivity contribution in [3.63, 3.8) is 0 Å². The first-order chi connectivity index (χ1) is 14.5. The van der Waals surface area contributed by atoms with Crippen LogP contribution in [0.5, 0.6) is 0 Å². The van der Waals surface area contributed by atoms with Crippen molar-refractivity contribution in [1.29, 1.82) is 0 Å². The summed E-state index contributed by atoms with van der Waals surface area (Å²) in [6, 6.07) is 1.16. The third-order valence-corrected chi connectivity index (χ3v) is 7.56. The summed E-state index contributed by atoms with van der Waals surface area (Å²) in [5, 5.41) is 27.8. The van der Waals surface area contributed by atoms with Gasteiger partial charge in [0.15, 0.2) is 5.72 Å². The third kappa shape index (κ3) is 12.3. The molecule has 1 aromatic rings. The molecule has 1 saturated heterocycles. The van der Waals surface area contributed by atoms with Crippen molar-refractivity contribution in [3.8, 4) is 0 Å². The van der Waals surface area contributed by atoms with Gasteiger partial charge in [-0.1, -0.05) is 29.5 Å². The van der Waals surface area contributed by atoms with Gasteiger partial charge in [-0.15, -0.1) is 0 Å². The summed E-state index contributed by atoms with van der Waals surface area (Å²) in [5.41, 5.74) is 4.88. The molecule has 1 aliphatic rings. The summed E-state index contributed by atoms with van der Waals surface area (Å²) >= 11 is 4.72. The van der Waals surface area contributed by atoms with Crippen LogP contribution in [-0.4, -0.2) is 53.7 Å². The Hall–Kier alpha value is 2.70. The van der Waals surface area contributed by atoms with Gasteiger partial charge in [-0.3, -0.25) is 14.1 Å². The van der Waals surface area contributed by atoms with E-state index in [1.54, 1.807) is 0 Å². The van der Waals surface area contributed by atoms with Crippen molar-refractivity contribution in [2.24, 2.45) is 5.11 Å². The van der Waals surface area contributed by atoms with Crippen molar-refractivity contribution in [1.82, 2.24) is 9.55 Å². The van der Waals surface area contributed by atoms with Crippen LogP contribution in [0.25, 0.3) is 10.4 Å². The van der Waals surface area contributed by atoms with E-state index < -0.39 is 59.9 Å². The molecular weight excluding hydrogens is 619 g/mol. The Morgan fingerprint density at radius 1 is 1.17 bits per heavy atom. The molecule has 1 aliphatic heterocycles. The molecule has 5 N–H and O–H groups in total. The normalized spacial score (nSPS) is 26.3. The second-order valence-electron chi connectivity index (χ2n) is 5.81. The van der Waals surface area contributed by atoms with Gasteiger partial charge in [0.2, 0.25) is 0 Å². The number of H-pyrrole nitrogens is 1. The minimum Gasteiger partial charge on any atom is -0.850 e. The average molecular weight is 631 g/mol. The molecule has 0 bridgehead atoms. The van der Waals surface area contributed by atoms with Crippen LogP contribution in [0, 0.1) is 4.64 Å². The Labute approximate surface area is 294 Å². The van der Waals surface area contributed by atoms with E-state index in [1.165, 1.54) is 0 Å². The molecule has 19 nitrogen and oxygen atoms in total. The van der Waals surface area contributed by atoms with Crippen LogP contribution in [0.15, 0.2) is 22.2 Å². The molecule has 2 unspecified atom stereocenters. The van der Waals surface area contributed by atoms with Crippen molar-refractivity contribution in [2.75, 3.05) is 6.61 Å². The predicted molar refractivity (Wildman–Crippen MR) is 95.3 cm³/mol. The molecule has 180 valence electrons. The molecule has 0 amide bonds. The number of phosphoric acid groups is 3. The number of hydrogen-bond donors (Lipinski definition) is 5. The SMILES string of the molecule is [N-]=[N+]=N[C@]1(COP(=O)(O)OP(=O)(O)OP(=O)(O)O)O[C@@H](n2ccc(=S)[nH]c2=O)[C@H]([O-])[C@@H]1[O-].[Na+].[Na+].[Na+].[Na+]. The van der Waals surface area contributed by atoms with Crippen molar-refractivity contribution in [2.45, 2.75) is 24.2 Å². The number of ether oxygens (including phenoxy) is 1. The van der Waals surface area contributed by atoms with Crippen LogP contribution >= 0.6 is 35.7 Å². The smallest absolute Gasteiger partial charge is 0.850 e. The summed E-state index contributed by atoms with van der Waals surface area (Å²) in [5.74, 6) is 0. The van der Waals surface area contributed by atoms with Crippen molar-refractivity contribution >= 4 is 35.7 Å². The van der Waals surface area contributed by atoms with E-state index >= 15 is 0 Å². The number of nitrogens with one attached hydrogen (secondary N) is 1. The molecule has 0 aliphatic carbocycles. The molecule has 0 spiro atoms. The molecule has 1 fully saturated rings. The third-order valence-electron chi connectivity index (χ3n) is 3.54. The average Bonchev–Trinajstić information content (AvgIpc) is 2.83. The molecule has 6 atom stereocenters. The fourth-order valence-electron chi connectivity index (χ4n) is 2.37. The number of aromatic nitrogens is 2. The summed E-state index contributed by atoms with van der Waals surface area (Å²) in [6.45, 7) is -1.53. The Morgan fingerprint density at radius 2 is 1.72 bits per heavy atom. The Kier molecular flexibility index (Phi) is 20.3. The summed E-state index contributed by atoms with van der Waals surface area (Å²) in [7, 11) is -17.3. The zero-order valence-corrected chi connectivity index (χ0v) is 30.5. The summed E-state index contributed by atoms with van der Waals surface area (Å²) in [4.78, 5) is 52.0. The number of azide groups is 1. The van der Waals surface area contributed by atoms with Gasteiger partial charge < -0.3 is 34.5 Å². The molecule has 2 heterocycles. The van der Waals surface area contributed by atoms with E-state index in [1.807, 2.05) is 0 Å². The quantitative estimate of drug-likeness (QED) is 0.0422. The zero-order valence-electron chi connectivity index (χ0n) is 19.0. The molecule has 0 radical (unpaired) electrons. The number of phosphoric ester groups is 1. The number of aromatic amines is 1. The Balaban J connectivity index is -0.00000272. The van der Waals surface area contributed by atoms with Gasteiger partial charge >= 0.3 is 147 Å². The van der Waals surface area contributed by atoms with Crippen LogP contribution in [0.3, 0.4) is 0 Å². The van der Waals surface area contributed by atoms with Gasteiger partial charge in [-0.25, -0.2) is 18.5 Å². The maximum Gasteiger partial charge on any atom is 1.00 e. The second-order valence-corrected chi connectivity index (χ2v) is 10.7. The van der Waals surface area contributed by atoms with E-state index in [-0.39, 0.29) is 123 Å². The Morgan fingerprint density at radius 3 is 2.19 bits per heavy atom. The first kappa shape index (κ1) is 43.2. The van der Waals surface area contributed by atoms with Gasteiger partial charge in [0.05, 0.1) is 6.61 Å².